The van der Waals surface area contributed by atoms with Gasteiger partial charge in [0, 0.05) is 0 Å². The molecule has 0 aromatic heterocycles. The molecule has 1 saturated carbocycles. The third-order valence-corrected chi connectivity index (χ3v) is 4.09. The van der Waals surface area contributed by atoms with E-state index in [0.717, 1.165) is 24.9 Å². The number of hydrogen-bond donors (Lipinski definition) is 0. The van der Waals surface area contributed by atoms with Crippen LogP contribution in [0, 0.1) is 5.92 Å². The van der Waals surface area contributed by atoms with Crippen LogP contribution in [-0.2, 0) is 4.74 Å². The monoisotopic (exact) mass is 232 g/mol. The number of benzene rings is 1. The molecule has 1 aliphatic carbocycles. The van der Waals surface area contributed by atoms with Crippen LogP contribution in [-0.4, -0.2) is 18.8 Å². The van der Waals surface area contributed by atoms with Crippen LogP contribution in [0.25, 0.3) is 0 Å². The molecule has 0 N–H and O–H groups in total. The zero-order chi connectivity index (χ0) is 11.6. The van der Waals surface area contributed by atoms with Gasteiger partial charge in [0.2, 0.25) is 0 Å². The second-order valence-electron chi connectivity index (χ2n) is 5.29. The highest BCUT2D eigenvalue weighted by Crippen LogP contribution is 2.43. The van der Waals surface area contributed by atoms with E-state index in [-0.39, 0.29) is 5.60 Å². The minimum Gasteiger partial charge on any atom is -0.490 e. The molecule has 1 atom stereocenters. The predicted octanol–water partition coefficient (Wildman–Crippen LogP) is 3.41. The summed E-state index contributed by atoms with van der Waals surface area (Å²) >= 11 is 0. The highest BCUT2D eigenvalue weighted by Gasteiger charge is 2.52. The third kappa shape index (κ3) is 2.47. The number of epoxide rings is 1. The van der Waals surface area contributed by atoms with Crippen molar-refractivity contribution >= 4 is 0 Å². The van der Waals surface area contributed by atoms with E-state index < -0.39 is 0 Å². The molecule has 0 amide bonds. The van der Waals surface area contributed by atoms with E-state index in [1.54, 1.807) is 0 Å². The Bertz CT molecular complexity index is 350. The molecule has 1 aromatic carbocycles. The molecule has 1 aromatic rings. The Morgan fingerprint density at radius 3 is 2.47 bits per heavy atom. The lowest BCUT2D eigenvalue weighted by atomic mass is 9.80. The standard InChI is InChI=1S/C15H20O2/c1-3-7-13(8-4-1)15(12-17-15)11-16-14-9-5-2-6-10-14/h2,5-6,9-10,13H,1,3-4,7-8,11-12H2. The first-order valence-corrected chi connectivity index (χ1v) is 6.71. The summed E-state index contributed by atoms with van der Waals surface area (Å²) in [6.07, 6.45) is 6.75. The summed E-state index contributed by atoms with van der Waals surface area (Å²) in [5.41, 5.74) is 0.0518. The van der Waals surface area contributed by atoms with E-state index in [2.05, 4.69) is 0 Å². The zero-order valence-electron chi connectivity index (χ0n) is 10.2. The van der Waals surface area contributed by atoms with Crippen LogP contribution >= 0.6 is 0 Å². The predicted molar refractivity (Wildman–Crippen MR) is 67.2 cm³/mol. The largest absolute Gasteiger partial charge is 0.490 e. The summed E-state index contributed by atoms with van der Waals surface area (Å²) in [7, 11) is 0. The van der Waals surface area contributed by atoms with Crippen LogP contribution < -0.4 is 4.74 Å². The summed E-state index contributed by atoms with van der Waals surface area (Å²) in [4.78, 5) is 0. The van der Waals surface area contributed by atoms with Gasteiger partial charge in [-0.25, -0.2) is 0 Å². The maximum Gasteiger partial charge on any atom is 0.128 e. The molecular formula is C15H20O2. The minimum atomic E-state index is 0.0518. The Morgan fingerprint density at radius 2 is 1.82 bits per heavy atom. The fourth-order valence-corrected chi connectivity index (χ4v) is 2.88. The van der Waals surface area contributed by atoms with Gasteiger partial charge in [-0.1, -0.05) is 37.5 Å². The molecule has 1 saturated heterocycles. The zero-order valence-corrected chi connectivity index (χ0v) is 10.2. The molecule has 2 nitrogen and oxygen atoms in total. The first-order valence-electron chi connectivity index (χ1n) is 6.71. The second kappa shape index (κ2) is 4.69. The smallest absolute Gasteiger partial charge is 0.128 e. The molecular weight excluding hydrogens is 212 g/mol. The lowest BCUT2D eigenvalue weighted by Crippen LogP contribution is -2.32. The van der Waals surface area contributed by atoms with Crippen molar-refractivity contribution in [3.05, 3.63) is 30.3 Å². The Kier molecular flexibility index (Phi) is 3.06. The molecule has 2 heteroatoms. The van der Waals surface area contributed by atoms with Crippen LogP contribution in [0.2, 0.25) is 0 Å². The van der Waals surface area contributed by atoms with E-state index in [1.807, 2.05) is 30.3 Å². The summed E-state index contributed by atoms with van der Waals surface area (Å²) < 4.78 is 11.6. The van der Waals surface area contributed by atoms with Gasteiger partial charge in [-0.05, 0) is 30.9 Å². The Balaban J connectivity index is 1.57. The first kappa shape index (κ1) is 11.1. The van der Waals surface area contributed by atoms with Gasteiger partial charge in [-0.3, -0.25) is 0 Å². The average Bonchev–Trinajstić information content (AvgIpc) is 3.20. The van der Waals surface area contributed by atoms with Gasteiger partial charge >= 0.3 is 0 Å². The molecule has 3 rings (SSSR count). The number of ether oxygens (including phenoxy) is 2. The van der Waals surface area contributed by atoms with E-state index in [4.69, 9.17) is 9.47 Å². The normalized spacial score (nSPS) is 28.9. The average molecular weight is 232 g/mol. The van der Waals surface area contributed by atoms with E-state index in [1.165, 1.54) is 32.1 Å². The molecule has 1 unspecified atom stereocenters. The van der Waals surface area contributed by atoms with Gasteiger partial charge in [-0.2, -0.15) is 0 Å². The van der Waals surface area contributed by atoms with E-state index in [9.17, 15) is 0 Å². The minimum absolute atomic E-state index is 0.0518. The van der Waals surface area contributed by atoms with Crippen molar-refractivity contribution in [2.75, 3.05) is 13.2 Å². The number of rotatable bonds is 4. The van der Waals surface area contributed by atoms with Crippen molar-refractivity contribution in [2.24, 2.45) is 5.92 Å². The van der Waals surface area contributed by atoms with Crippen LogP contribution in [0.1, 0.15) is 32.1 Å². The SMILES string of the molecule is c1ccc(OCC2(C3CCCCC3)CO2)cc1. The topological polar surface area (TPSA) is 21.8 Å². The molecule has 0 bridgehead atoms. The van der Waals surface area contributed by atoms with Crippen LogP contribution in [0.15, 0.2) is 30.3 Å². The first-order chi connectivity index (χ1) is 8.39. The van der Waals surface area contributed by atoms with Crippen LogP contribution in [0.5, 0.6) is 5.75 Å². The second-order valence-corrected chi connectivity index (χ2v) is 5.29. The molecule has 0 radical (unpaired) electrons. The summed E-state index contributed by atoms with van der Waals surface area (Å²) in [5, 5.41) is 0. The molecule has 1 aliphatic heterocycles. The summed E-state index contributed by atoms with van der Waals surface area (Å²) in [6, 6.07) is 10.1. The van der Waals surface area contributed by atoms with Crippen molar-refractivity contribution in [2.45, 2.75) is 37.7 Å². The van der Waals surface area contributed by atoms with E-state index in [0.29, 0.717) is 0 Å². The van der Waals surface area contributed by atoms with Gasteiger partial charge in [0.25, 0.3) is 0 Å². The Labute approximate surface area is 103 Å². The van der Waals surface area contributed by atoms with Crippen LogP contribution in [0.4, 0.5) is 0 Å². The third-order valence-electron chi connectivity index (χ3n) is 4.09. The molecule has 92 valence electrons. The lowest BCUT2D eigenvalue weighted by molar-refractivity contribution is 0.112. The van der Waals surface area contributed by atoms with Gasteiger partial charge in [0.15, 0.2) is 0 Å². The molecule has 0 spiro atoms. The fraction of sp³-hybridized carbons (Fsp3) is 0.600. The Morgan fingerprint density at radius 1 is 1.12 bits per heavy atom. The van der Waals surface area contributed by atoms with Gasteiger partial charge in [0.05, 0.1) is 6.61 Å². The Hall–Kier alpha value is -1.02. The van der Waals surface area contributed by atoms with Crippen molar-refractivity contribution in [3.63, 3.8) is 0 Å². The maximum absolute atomic E-state index is 5.86. The number of hydrogen-bond acceptors (Lipinski definition) is 2. The van der Waals surface area contributed by atoms with E-state index >= 15 is 0 Å². The molecule has 2 fully saturated rings. The molecule has 2 aliphatic rings. The van der Waals surface area contributed by atoms with Gasteiger partial charge in [0.1, 0.15) is 18.0 Å². The number of para-hydroxylation sites is 1. The van der Waals surface area contributed by atoms with Crippen LogP contribution in [0.3, 0.4) is 0 Å². The molecule has 17 heavy (non-hydrogen) atoms. The summed E-state index contributed by atoms with van der Waals surface area (Å²) in [5.74, 6) is 1.68. The molecule has 1 heterocycles. The highest BCUT2D eigenvalue weighted by atomic mass is 16.6. The van der Waals surface area contributed by atoms with Crippen molar-refractivity contribution in [1.29, 1.82) is 0 Å². The highest BCUT2D eigenvalue weighted by molar-refractivity contribution is 5.21. The van der Waals surface area contributed by atoms with Gasteiger partial charge in [-0.15, -0.1) is 0 Å². The lowest BCUT2D eigenvalue weighted by Gasteiger charge is -2.27. The maximum atomic E-state index is 5.86. The fourth-order valence-electron chi connectivity index (χ4n) is 2.88. The van der Waals surface area contributed by atoms with Gasteiger partial charge < -0.3 is 9.47 Å². The van der Waals surface area contributed by atoms with Crippen molar-refractivity contribution in [1.82, 2.24) is 0 Å². The van der Waals surface area contributed by atoms with Crippen molar-refractivity contribution < 1.29 is 9.47 Å². The summed E-state index contributed by atoms with van der Waals surface area (Å²) in [6.45, 7) is 1.62. The quantitative estimate of drug-likeness (QED) is 0.742. The van der Waals surface area contributed by atoms with Crippen molar-refractivity contribution in [3.8, 4) is 5.75 Å².